The molecule has 0 saturated heterocycles. The van der Waals surface area contributed by atoms with Gasteiger partial charge in [0.1, 0.15) is 34.1 Å². The molecule has 1 atom stereocenters. The number of aliphatic hydroxyl groups is 1. The lowest BCUT2D eigenvalue weighted by molar-refractivity contribution is -0.117. The van der Waals surface area contributed by atoms with E-state index in [1.165, 1.54) is 13.2 Å². The number of fused-ring (bicyclic) bond motifs is 1. The summed E-state index contributed by atoms with van der Waals surface area (Å²) in [6, 6.07) is 7.13. The summed E-state index contributed by atoms with van der Waals surface area (Å²) in [4.78, 5) is 30.1. The third-order valence-electron chi connectivity index (χ3n) is 8.19. The number of nitrogens with zero attached hydrogens (tertiary/aromatic N) is 3. The maximum Gasteiger partial charge on any atom is 0.251 e. The van der Waals surface area contributed by atoms with Gasteiger partial charge in [-0.1, -0.05) is 11.6 Å². The van der Waals surface area contributed by atoms with Crippen LogP contribution in [0.4, 0.5) is 8.78 Å². The molecule has 45 heavy (non-hydrogen) atoms. The number of methoxy groups -OCH3 is 1. The lowest BCUT2D eigenvalue weighted by Crippen LogP contribution is -2.43. The van der Waals surface area contributed by atoms with E-state index in [9.17, 15) is 14.7 Å². The fourth-order valence-electron chi connectivity index (χ4n) is 5.60. The van der Waals surface area contributed by atoms with Gasteiger partial charge in [0.2, 0.25) is 5.91 Å². The molecule has 0 bridgehead atoms. The molecule has 2 heterocycles. The first-order valence-corrected chi connectivity index (χ1v) is 15.1. The van der Waals surface area contributed by atoms with Crippen LogP contribution in [0.3, 0.4) is 0 Å². The van der Waals surface area contributed by atoms with E-state index in [-0.39, 0.29) is 53.2 Å². The topological polar surface area (TPSA) is 142 Å². The fourth-order valence-corrected chi connectivity index (χ4v) is 5.76. The van der Waals surface area contributed by atoms with Gasteiger partial charge in [0.15, 0.2) is 5.82 Å². The highest BCUT2D eigenvalue weighted by Crippen LogP contribution is 2.47. The molecule has 0 aliphatic heterocycles. The van der Waals surface area contributed by atoms with Crippen LogP contribution in [0.5, 0.6) is 11.5 Å². The number of pyridine rings is 1. The Bertz CT molecular complexity index is 1820. The summed E-state index contributed by atoms with van der Waals surface area (Å²) >= 11 is 6.00. The molecule has 2 saturated carbocycles. The molecule has 2 aliphatic carbocycles. The number of ether oxygens (including phenoxy) is 2. The number of halogens is 3. The molecule has 2 aliphatic rings. The number of hydrogen-bond donors (Lipinski definition) is 3. The van der Waals surface area contributed by atoms with E-state index < -0.39 is 34.6 Å². The lowest BCUT2D eigenvalue weighted by atomic mass is 9.90. The summed E-state index contributed by atoms with van der Waals surface area (Å²) in [5.41, 5.74) is 4.01. The number of rotatable bonds is 12. The molecular weight excluding hydrogens is 608 g/mol. The summed E-state index contributed by atoms with van der Waals surface area (Å²) in [6.07, 6.45) is 4.84. The molecule has 0 radical (unpaired) electrons. The second-order valence-electron chi connectivity index (χ2n) is 11.5. The highest BCUT2D eigenvalue weighted by atomic mass is 35.5. The highest BCUT2D eigenvalue weighted by Gasteiger charge is 2.47. The Morgan fingerprint density at radius 1 is 1.20 bits per heavy atom. The molecule has 2 aromatic heterocycles. The molecule has 2 amide bonds. The first-order chi connectivity index (χ1) is 21.5. The first-order valence-electron chi connectivity index (χ1n) is 14.7. The van der Waals surface area contributed by atoms with Crippen LogP contribution in [0.25, 0.3) is 22.2 Å². The van der Waals surface area contributed by atoms with Crippen molar-refractivity contribution in [1.82, 2.24) is 20.1 Å². The van der Waals surface area contributed by atoms with Gasteiger partial charge in [-0.2, -0.15) is 5.10 Å². The second kappa shape index (κ2) is 11.9. The predicted octanol–water partition coefficient (Wildman–Crippen LogP) is 4.83. The SMILES string of the molecule is CCOc1c(CC(N)=O)cc([C@@](O)(CNC(=O)c2cc(OC)c3nn(C4CC4)cc3c2)C2CC2)nc1-c1c(F)ccc(Cl)c1F. The van der Waals surface area contributed by atoms with E-state index in [0.717, 1.165) is 30.4 Å². The summed E-state index contributed by atoms with van der Waals surface area (Å²) in [6.45, 7) is 1.46. The van der Waals surface area contributed by atoms with Crippen molar-refractivity contribution in [2.45, 2.75) is 50.7 Å². The Labute approximate surface area is 262 Å². The molecule has 6 rings (SSSR count). The van der Waals surface area contributed by atoms with Crippen molar-refractivity contribution in [3.05, 3.63) is 70.0 Å². The van der Waals surface area contributed by atoms with E-state index in [4.69, 9.17) is 26.8 Å². The first kappa shape index (κ1) is 30.7. The normalized spacial score (nSPS) is 16.0. The zero-order valence-corrected chi connectivity index (χ0v) is 25.5. The van der Waals surface area contributed by atoms with Crippen molar-refractivity contribution in [3.63, 3.8) is 0 Å². The Morgan fingerprint density at radius 3 is 2.60 bits per heavy atom. The number of nitrogens with two attached hydrogens (primary N) is 1. The van der Waals surface area contributed by atoms with Crippen LogP contribution < -0.4 is 20.5 Å². The Kier molecular flexibility index (Phi) is 8.13. The molecule has 0 unspecified atom stereocenters. The number of aromatic nitrogens is 3. The van der Waals surface area contributed by atoms with Crippen molar-refractivity contribution < 1.29 is 33.0 Å². The van der Waals surface area contributed by atoms with Gasteiger partial charge < -0.3 is 25.6 Å². The molecule has 4 aromatic rings. The maximum absolute atomic E-state index is 15.3. The number of hydrogen-bond acceptors (Lipinski definition) is 7. The standard InChI is InChI=1S/C32H32ClF2N5O5/c1-3-45-30-16(13-25(36)41)12-24(38-29(30)26-22(34)9-8-21(33)27(26)35)32(43,19-4-5-19)15-37-31(42)17-10-18-14-40(20-6-7-20)39-28(18)23(11-17)44-2/h8-12,14,19-20,43H,3-7,13,15H2,1-2H3,(H2,36,41)(H,37,42)/t32-/m1/s1. The number of primary amides is 1. The summed E-state index contributed by atoms with van der Waals surface area (Å²) in [5.74, 6) is -3.22. The highest BCUT2D eigenvalue weighted by molar-refractivity contribution is 6.31. The van der Waals surface area contributed by atoms with Gasteiger partial charge in [-0.25, -0.2) is 13.8 Å². The molecule has 10 nitrogen and oxygen atoms in total. The van der Waals surface area contributed by atoms with E-state index >= 15 is 8.78 Å². The minimum absolute atomic E-state index is 0.00230. The molecule has 0 spiro atoms. The Balaban J connectivity index is 1.39. The number of carbonyl (C=O) groups is 2. The van der Waals surface area contributed by atoms with Gasteiger partial charge in [0.25, 0.3) is 5.91 Å². The van der Waals surface area contributed by atoms with Crippen molar-refractivity contribution in [2.75, 3.05) is 20.3 Å². The smallest absolute Gasteiger partial charge is 0.251 e. The van der Waals surface area contributed by atoms with Gasteiger partial charge in [-0.3, -0.25) is 14.3 Å². The van der Waals surface area contributed by atoms with Crippen molar-refractivity contribution in [2.24, 2.45) is 11.7 Å². The molecular formula is C32H32ClF2N5O5. The average molecular weight is 640 g/mol. The van der Waals surface area contributed by atoms with E-state index in [2.05, 4.69) is 15.4 Å². The zero-order chi connectivity index (χ0) is 32.0. The Hall–Kier alpha value is -4.29. The van der Waals surface area contributed by atoms with E-state index in [0.29, 0.717) is 35.7 Å². The summed E-state index contributed by atoms with van der Waals surface area (Å²) < 4.78 is 43.6. The van der Waals surface area contributed by atoms with Crippen molar-refractivity contribution in [3.8, 4) is 22.8 Å². The fraction of sp³-hybridized carbons (Fsp3) is 0.375. The summed E-state index contributed by atoms with van der Waals surface area (Å²) in [5, 5.41) is 19.9. The number of nitrogens with one attached hydrogen (secondary N) is 1. The van der Waals surface area contributed by atoms with Gasteiger partial charge in [0.05, 0.1) is 49.0 Å². The summed E-state index contributed by atoms with van der Waals surface area (Å²) in [7, 11) is 1.50. The Morgan fingerprint density at radius 2 is 1.96 bits per heavy atom. The molecule has 13 heteroatoms. The minimum atomic E-state index is -1.77. The molecule has 2 aromatic carbocycles. The maximum atomic E-state index is 15.3. The minimum Gasteiger partial charge on any atom is -0.494 e. The van der Waals surface area contributed by atoms with Crippen LogP contribution in [0.2, 0.25) is 5.02 Å². The van der Waals surface area contributed by atoms with Crippen LogP contribution in [-0.4, -0.2) is 51.9 Å². The van der Waals surface area contributed by atoms with Gasteiger partial charge >= 0.3 is 0 Å². The predicted molar refractivity (Wildman–Crippen MR) is 162 cm³/mol. The van der Waals surface area contributed by atoms with Gasteiger partial charge in [0, 0.05) is 22.7 Å². The molecule has 4 N–H and O–H groups in total. The third kappa shape index (κ3) is 5.91. The molecule has 236 valence electrons. The largest absolute Gasteiger partial charge is 0.494 e. The molecule has 2 fully saturated rings. The van der Waals surface area contributed by atoms with Crippen LogP contribution in [0.1, 0.15) is 60.3 Å². The van der Waals surface area contributed by atoms with Crippen LogP contribution in [0, 0.1) is 17.6 Å². The zero-order valence-electron chi connectivity index (χ0n) is 24.7. The lowest BCUT2D eigenvalue weighted by Gasteiger charge is -2.30. The number of benzene rings is 2. The number of amides is 2. The second-order valence-corrected chi connectivity index (χ2v) is 11.9. The van der Waals surface area contributed by atoms with E-state index in [1.54, 1.807) is 19.1 Å². The van der Waals surface area contributed by atoms with Crippen LogP contribution in [-0.2, 0) is 16.8 Å². The quantitative estimate of drug-likeness (QED) is 0.189. The van der Waals surface area contributed by atoms with Crippen LogP contribution in [0.15, 0.2) is 36.5 Å². The van der Waals surface area contributed by atoms with Crippen LogP contribution >= 0.6 is 11.6 Å². The van der Waals surface area contributed by atoms with Crippen molar-refractivity contribution in [1.29, 1.82) is 0 Å². The van der Waals surface area contributed by atoms with E-state index in [1.807, 2.05) is 10.9 Å². The van der Waals surface area contributed by atoms with Crippen molar-refractivity contribution >= 4 is 34.3 Å². The monoisotopic (exact) mass is 639 g/mol. The average Bonchev–Trinajstić information content (AvgIpc) is 3.95. The third-order valence-corrected chi connectivity index (χ3v) is 8.49. The van der Waals surface area contributed by atoms with Gasteiger partial charge in [-0.15, -0.1) is 0 Å². The van der Waals surface area contributed by atoms with Gasteiger partial charge in [-0.05, 0) is 68.9 Å². The number of carbonyl (C=O) groups excluding carboxylic acids is 2.